The maximum atomic E-state index is 12.6. The van der Waals surface area contributed by atoms with Crippen molar-refractivity contribution in [1.29, 1.82) is 0 Å². The van der Waals surface area contributed by atoms with Crippen LogP contribution >= 0.6 is 11.6 Å². The number of carbonyl (C=O) groups excluding carboxylic acids is 2. The van der Waals surface area contributed by atoms with Crippen LogP contribution in [0.5, 0.6) is 0 Å². The lowest BCUT2D eigenvalue weighted by Gasteiger charge is -2.16. The fourth-order valence-electron chi connectivity index (χ4n) is 3.07. The first-order valence-corrected chi connectivity index (χ1v) is 9.65. The molecule has 6 nitrogen and oxygen atoms in total. The van der Waals surface area contributed by atoms with E-state index in [1.807, 2.05) is 42.7 Å². The van der Waals surface area contributed by atoms with Gasteiger partial charge >= 0.3 is 0 Å². The first-order chi connectivity index (χ1) is 13.5. The second-order valence-electron chi connectivity index (χ2n) is 6.64. The van der Waals surface area contributed by atoms with Crippen LogP contribution in [0.4, 0.5) is 5.69 Å². The van der Waals surface area contributed by atoms with Crippen molar-refractivity contribution in [2.75, 3.05) is 5.32 Å². The van der Waals surface area contributed by atoms with Crippen molar-refractivity contribution in [3.8, 4) is 0 Å². The van der Waals surface area contributed by atoms with Crippen LogP contribution < -0.4 is 10.6 Å². The van der Waals surface area contributed by atoms with E-state index in [0.29, 0.717) is 23.0 Å². The van der Waals surface area contributed by atoms with E-state index in [1.165, 1.54) is 0 Å². The number of halogens is 1. The summed E-state index contributed by atoms with van der Waals surface area (Å²) in [7, 11) is 0. The number of imidazole rings is 1. The van der Waals surface area contributed by atoms with Crippen LogP contribution in [0.1, 0.15) is 38.6 Å². The summed E-state index contributed by atoms with van der Waals surface area (Å²) in [6.07, 6.45) is 1.24. The van der Waals surface area contributed by atoms with Gasteiger partial charge in [-0.1, -0.05) is 30.7 Å². The molecule has 0 radical (unpaired) electrons. The molecule has 2 N–H and O–H groups in total. The second-order valence-corrected chi connectivity index (χ2v) is 7.08. The van der Waals surface area contributed by atoms with Crippen LogP contribution in [0.25, 0.3) is 11.0 Å². The third kappa shape index (κ3) is 4.70. The van der Waals surface area contributed by atoms with Gasteiger partial charge in [0.05, 0.1) is 17.1 Å². The van der Waals surface area contributed by atoms with E-state index in [-0.39, 0.29) is 24.4 Å². The Balaban J connectivity index is 1.84. The van der Waals surface area contributed by atoms with Crippen molar-refractivity contribution in [2.24, 2.45) is 0 Å². The van der Waals surface area contributed by atoms with Crippen LogP contribution in [-0.2, 0) is 16.1 Å². The quantitative estimate of drug-likeness (QED) is 0.622. The monoisotopic (exact) mass is 398 g/mol. The molecule has 3 rings (SSSR count). The summed E-state index contributed by atoms with van der Waals surface area (Å²) < 4.78 is 1.84. The van der Waals surface area contributed by atoms with Gasteiger partial charge in [-0.05, 0) is 49.7 Å². The summed E-state index contributed by atoms with van der Waals surface area (Å²) >= 11 is 5.89. The molecule has 1 unspecified atom stereocenters. The summed E-state index contributed by atoms with van der Waals surface area (Å²) in [6, 6.07) is 14.3. The average Bonchev–Trinajstić information content (AvgIpc) is 3.02. The molecule has 1 heterocycles. The lowest BCUT2D eigenvalue weighted by molar-refractivity contribution is -0.121. The average molecular weight is 399 g/mol. The number of nitrogens with zero attached hydrogens (tertiary/aromatic N) is 2. The predicted molar refractivity (Wildman–Crippen MR) is 111 cm³/mol. The fraction of sp³-hybridized carbons (Fsp3) is 0.286. The van der Waals surface area contributed by atoms with Crippen LogP contribution in [0, 0.1) is 0 Å². The first-order valence-electron chi connectivity index (χ1n) is 9.28. The molecule has 0 saturated carbocycles. The normalized spacial score (nSPS) is 12.0. The first kappa shape index (κ1) is 19.9. The third-order valence-corrected chi connectivity index (χ3v) is 4.61. The molecule has 0 bridgehead atoms. The summed E-state index contributed by atoms with van der Waals surface area (Å²) in [4.78, 5) is 29.3. The van der Waals surface area contributed by atoms with Crippen molar-refractivity contribution in [1.82, 2.24) is 14.9 Å². The zero-order valence-electron chi connectivity index (χ0n) is 15.9. The maximum Gasteiger partial charge on any atom is 0.244 e. The van der Waals surface area contributed by atoms with Gasteiger partial charge in [0.1, 0.15) is 12.4 Å². The molecule has 0 aliphatic heterocycles. The summed E-state index contributed by atoms with van der Waals surface area (Å²) in [6.45, 7) is 3.93. The van der Waals surface area contributed by atoms with E-state index in [2.05, 4.69) is 15.6 Å². The minimum absolute atomic E-state index is 0.0285. The standard InChI is InChI=1S/C21H23ClN4O2/c1-3-6-19(27)23-14(2)21-25-17-7-4-5-8-18(17)26(21)13-20(28)24-16-11-9-15(22)10-12-16/h4-5,7-12,14H,3,6,13H2,1-2H3,(H,23,27)(H,24,28). The molecule has 28 heavy (non-hydrogen) atoms. The van der Waals surface area contributed by atoms with E-state index in [0.717, 1.165) is 17.5 Å². The van der Waals surface area contributed by atoms with E-state index in [9.17, 15) is 9.59 Å². The number of hydrogen-bond acceptors (Lipinski definition) is 3. The van der Waals surface area contributed by atoms with Crippen molar-refractivity contribution in [3.05, 3.63) is 59.4 Å². The van der Waals surface area contributed by atoms with Gasteiger partial charge in [0.15, 0.2) is 0 Å². The molecule has 0 aliphatic carbocycles. The Bertz CT molecular complexity index is 982. The number of nitrogens with one attached hydrogen (secondary N) is 2. The van der Waals surface area contributed by atoms with E-state index in [4.69, 9.17) is 11.6 Å². The van der Waals surface area contributed by atoms with Crippen LogP contribution in [-0.4, -0.2) is 21.4 Å². The largest absolute Gasteiger partial charge is 0.346 e. The van der Waals surface area contributed by atoms with Crippen molar-refractivity contribution in [2.45, 2.75) is 39.3 Å². The Labute approximate surface area is 168 Å². The van der Waals surface area contributed by atoms with Gasteiger partial charge in [0.25, 0.3) is 0 Å². The topological polar surface area (TPSA) is 76.0 Å². The molecule has 0 spiro atoms. The number of para-hydroxylation sites is 2. The fourth-order valence-corrected chi connectivity index (χ4v) is 3.20. The number of amides is 2. The number of fused-ring (bicyclic) bond motifs is 1. The predicted octanol–water partition coefficient (Wildman–Crippen LogP) is 4.31. The zero-order valence-corrected chi connectivity index (χ0v) is 16.7. The number of aromatic nitrogens is 2. The Kier molecular flexibility index (Phi) is 6.31. The Morgan fingerprint density at radius 1 is 1.11 bits per heavy atom. The van der Waals surface area contributed by atoms with Crippen molar-refractivity contribution < 1.29 is 9.59 Å². The molecular weight excluding hydrogens is 376 g/mol. The molecule has 2 aromatic carbocycles. The van der Waals surface area contributed by atoms with Crippen LogP contribution in [0.2, 0.25) is 5.02 Å². The van der Waals surface area contributed by atoms with Gasteiger partial charge in [-0.25, -0.2) is 4.98 Å². The molecule has 0 aliphatic rings. The van der Waals surface area contributed by atoms with Gasteiger partial charge in [-0.15, -0.1) is 0 Å². The van der Waals surface area contributed by atoms with Gasteiger partial charge in [-0.3, -0.25) is 9.59 Å². The van der Waals surface area contributed by atoms with Crippen molar-refractivity contribution >= 4 is 40.1 Å². The van der Waals surface area contributed by atoms with Crippen LogP contribution in [0.3, 0.4) is 0 Å². The van der Waals surface area contributed by atoms with Gasteiger partial charge in [0, 0.05) is 17.1 Å². The lowest BCUT2D eigenvalue weighted by Crippen LogP contribution is -2.29. The highest BCUT2D eigenvalue weighted by Crippen LogP contribution is 2.21. The van der Waals surface area contributed by atoms with Crippen LogP contribution in [0.15, 0.2) is 48.5 Å². The molecular formula is C21H23ClN4O2. The molecule has 7 heteroatoms. The van der Waals surface area contributed by atoms with Crippen molar-refractivity contribution in [3.63, 3.8) is 0 Å². The number of carbonyl (C=O) groups is 2. The maximum absolute atomic E-state index is 12.6. The number of hydrogen-bond donors (Lipinski definition) is 2. The van der Waals surface area contributed by atoms with Gasteiger partial charge in [0.2, 0.25) is 11.8 Å². The molecule has 146 valence electrons. The minimum Gasteiger partial charge on any atom is -0.346 e. The van der Waals surface area contributed by atoms with Gasteiger partial charge in [-0.2, -0.15) is 0 Å². The highest BCUT2D eigenvalue weighted by atomic mass is 35.5. The minimum atomic E-state index is -0.310. The molecule has 1 aromatic heterocycles. The molecule has 3 aromatic rings. The third-order valence-electron chi connectivity index (χ3n) is 4.36. The number of rotatable bonds is 7. The second kappa shape index (κ2) is 8.89. The van der Waals surface area contributed by atoms with E-state index < -0.39 is 0 Å². The summed E-state index contributed by atoms with van der Waals surface area (Å²) in [5.74, 6) is 0.440. The summed E-state index contributed by atoms with van der Waals surface area (Å²) in [5.41, 5.74) is 2.30. The Morgan fingerprint density at radius 3 is 2.54 bits per heavy atom. The Morgan fingerprint density at radius 2 is 1.82 bits per heavy atom. The molecule has 2 amide bonds. The van der Waals surface area contributed by atoms with E-state index in [1.54, 1.807) is 24.3 Å². The highest BCUT2D eigenvalue weighted by molar-refractivity contribution is 6.30. The molecule has 0 fully saturated rings. The number of benzene rings is 2. The lowest BCUT2D eigenvalue weighted by atomic mass is 10.2. The summed E-state index contributed by atoms with van der Waals surface area (Å²) in [5, 5.41) is 6.43. The Hall–Kier alpha value is -2.86. The molecule has 1 atom stereocenters. The zero-order chi connectivity index (χ0) is 20.1. The number of anilines is 1. The smallest absolute Gasteiger partial charge is 0.244 e. The van der Waals surface area contributed by atoms with Gasteiger partial charge < -0.3 is 15.2 Å². The SMILES string of the molecule is CCCC(=O)NC(C)c1nc2ccccc2n1CC(=O)Nc1ccc(Cl)cc1. The van der Waals surface area contributed by atoms with E-state index >= 15 is 0 Å². The molecule has 0 saturated heterocycles. The highest BCUT2D eigenvalue weighted by Gasteiger charge is 2.19.